The number of hydrogen-bond acceptors (Lipinski definition) is 3. The van der Waals surface area contributed by atoms with Crippen molar-refractivity contribution in [2.75, 3.05) is 31.6 Å². The molecular formula is C12H23NO2S. The van der Waals surface area contributed by atoms with Gasteiger partial charge in [-0.25, -0.2) is 8.42 Å². The van der Waals surface area contributed by atoms with Gasteiger partial charge < -0.3 is 4.90 Å². The van der Waals surface area contributed by atoms with Crippen LogP contribution in [-0.2, 0) is 9.84 Å². The Morgan fingerprint density at radius 2 is 1.88 bits per heavy atom. The van der Waals surface area contributed by atoms with Crippen molar-refractivity contribution in [3.63, 3.8) is 0 Å². The summed E-state index contributed by atoms with van der Waals surface area (Å²) in [6.07, 6.45) is 4.04. The molecule has 2 aliphatic rings. The zero-order chi connectivity index (χ0) is 12.0. The Balaban J connectivity index is 1.68. The third kappa shape index (κ3) is 2.59. The molecule has 0 amide bonds. The zero-order valence-corrected chi connectivity index (χ0v) is 11.4. The highest BCUT2D eigenvalue weighted by atomic mass is 32.2. The fourth-order valence-electron chi connectivity index (χ4n) is 3.14. The number of rotatable bonds is 4. The van der Waals surface area contributed by atoms with Gasteiger partial charge in [0.1, 0.15) is 9.84 Å². The Morgan fingerprint density at radius 1 is 1.31 bits per heavy atom. The van der Waals surface area contributed by atoms with Crippen molar-refractivity contribution in [2.45, 2.75) is 26.7 Å². The summed E-state index contributed by atoms with van der Waals surface area (Å²) in [5.41, 5.74) is 0.576. The predicted molar refractivity (Wildman–Crippen MR) is 66.1 cm³/mol. The molecule has 3 nitrogen and oxygen atoms in total. The molecule has 1 aliphatic heterocycles. The van der Waals surface area contributed by atoms with Gasteiger partial charge in [0.05, 0.1) is 5.75 Å². The first-order chi connectivity index (χ1) is 7.30. The average Bonchev–Trinajstić information content (AvgIpc) is 1.94. The monoisotopic (exact) mass is 245 g/mol. The molecule has 2 rings (SSSR count). The molecule has 1 saturated heterocycles. The highest BCUT2D eigenvalue weighted by Crippen LogP contribution is 2.54. The lowest BCUT2D eigenvalue weighted by Crippen LogP contribution is -2.63. The molecular weight excluding hydrogens is 222 g/mol. The Hall–Kier alpha value is -0.0900. The van der Waals surface area contributed by atoms with Gasteiger partial charge in [0.2, 0.25) is 0 Å². The summed E-state index contributed by atoms with van der Waals surface area (Å²) in [5.74, 6) is 2.05. The van der Waals surface area contributed by atoms with Crippen molar-refractivity contribution in [1.82, 2.24) is 4.90 Å². The lowest BCUT2D eigenvalue weighted by molar-refractivity contribution is -0.103. The molecule has 0 radical (unpaired) electrons. The Kier molecular flexibility index (Phi) is 3.08. The van der Waals surface area contributed by atoms with Gasteiger partial charge in [-0.1, -0.05) is 13.8 Å². The van der Waals surface area contributed by atoms with Crippen molar-refractivity contribution in [3.8, 4) is 0 Å². The number of likely N-dealkylation sites (tertiary alicyclic amines) is 1. The molecule has 0 atom stereocenters. The van der Waals surface area contributed by atoms with Crippen molar-refractivity contribution in [1.29, 1.82) is 0 Å². The van der Waals surface area contributed by atoms with E-state index in [0.29, 0.717) is 11.2 Å². The lowest BCUT2D eigenvalue weighted by Gasteiger charge is -2.60. The SMILES string of the molecule is CC(C)C1CC2(C1)CN(CCS(C)(=O)=O)C2. The largest absolute Gasteiger partial charge is 0.301 e. The molecule has 0 bridgehead atoms. The van der Waals surface area contributed by atoms with E-state index in [4.69, 9.17) is 0 Å². The van der Waals surface area contributed by atoms with Gasteiger partial charge in [0.15, 0.2) is 0 Å². The minimum atomic E-state index is -2.79. The molecule has 0 aromatic heterocycles. The normalized spacial score (nSPS) is 25.8. The smallest absolute Gasteiger partial charge is 0.148 e. The second-order valence-corrected chi connectivity index (χ2v) is 8.51. The van der Waals surface area contributed by atoms with Crippen LogP contribution in [0.3, 0.4) is 0 Å². The van der Waals surface area contributed by atoms with E-state index < -0.39 is 9.84 Å². The summed E-state index contributed by atoms with van der Waals surface area (Å²) < 4.78 is 22.1. The minimum Gasteiger partial charge on any atom is -0.301 e. The highest BCUT2D eigenvalue weighted by molar-refractivity contribution is 7.90. The highest BCUT2D eigenvalue weighted by Gasteiger charge is 2.52. The fraction of sp³-hybridized carbons (Fsp3) is 1.00. The van der Waals surface area contributed by atoms with Gasteiger partial charge in [0.25, 0.3) is 0 Å². The van der Waals surface area contributed by atoms with Crippen LogP contribution in [0.1, 0.15) is 26.7 Å². The molecule has 2 fully saturated rings. The van der Waals surface area contributed by atoms with Crippen LogP contribution < -0.4 is 0 Å². The summed E-state index contributed by atoms with van der Waals surface area (Å²) in [6.45, 7) is 7.60. The predicted octanol–water partition coefficient (Wildman–Crippen LogP) is 1.40. The van der Waals surface area contributed by atoms with Crippen LogP contribution in [0.4, 0.5) is 0 Å². The van der Waals surface area contributed by atoms with Gasteiger partial charge in [-0.05, 0) is 30.1 Å². The summed E-state index contributed by atoms with van der Waals surface area (Å²) in [4.78, 5) is 2.29. The van der Waals surface area contributed by atoms with Crippen LogP contribution in [-0.4, -0.2) is 45.0 Å². The molecule has 0 aromatic rings. The fourth-order valence-corrected chi connectivity index (χ4v) is 3.73. The average molecular weight is 245 g/mol. The number of hydrogen-bond donors (Lipinski definition) is 0. The maximum absolute atomic E-state index is 11.0. The Labute approximate surface area is 99.1 Å². The molecule has 1 spiro atoms. The van der Waals surface area contributed by atoms with Gasteiger partial charge >= 0.3 is 0 Å². The molecule has 0 aromatic carbocycles. The zero-order valence-electron chi connectivity index (χ0n) is 10.6. The van der Waals surface area contributed by atoms with Gasteiger partial charge in [0, 0.05) is 25.9 Å². The second kappa shape index (κ2) is 3.98. The summed E-state index contributed by atoms with van der Waals surface area (Å²) in [5, 5.41) is 0. The van der Waals surface area contributed by atoms with E-state index in [9.17, 15) is 8.42 Å². The van der Waals surface area contributed by atoms with Crippen molar-refractivity contribution < 1.29 is 8.42 Å². The van der Waals surface area contributed by atoms with E-state index in [1.165, 1.54) is 19.1 Å². The molecule has 16 heavy (non-hydrogen) atoms. The molecule has 0 unspecified atom stereocenters. The first kappa shape index (κ1) is 12.4. The maximum atomic E-state index is 11.0. The van der Waals surface area contributed by atoms with E-state index >= 15 is 0 Å². The topological polar surface area (TPSA) is 37.4 Å². The van der Waals surface area contributed by atoms with E-state index in [-0.39, 0.29) is 0 Å². The van der Waals surface area contributed by atoms with Crippen LogP contribution in [0.2, 0.25) is 0 Å². The molecule has 0 N–H and O–H groups in total. The number of nitrogens with zero attached hydrogens (tertiary/aromatic N) is 1. The van der Waals surface area contributed by atoms with Gasteiger partial charge in [-0.2, -0.15) is 0 Å². The van der Waals surface area contributed by atoms with Gasteiger partial charge in [-0.15, -0.1) is 0 Å². The third-order valence-electron chi connectivity index (χ3n) is 4.23. The molecule has 1 heterocycles. The minimum absolute atomic E-state index is 0.316. The van der Waals surface area contributed by atoms with Crippen molar-refractivity contribution >= 4 is 9.84 Å². The Bertz CT molecular complexity index is 347. The van der Waals surface area contributed by atoms with Crippen LogP contribution >= 0.6 is 0 Å². The van der Waals surface area contributed by atoms with Crippen molar-refractivity contribution in [2.24, 2.45) is 17.3 Å². The second-order valence-electron chi connectivity index (χ2n) is 6.25. The van der Waals surface area contributed by atoms with Gasteiger partial charge in [-0.3, -0.25) is 0 Å². The maximum Gasteiger partial charge on any atom is 0.148 e. The Morgan fingerprint density at radius 3 is 2.31 bits per heavy atom. The molecule has 1 aliphatic carbocycles. The van der Waals surface area contributed by atoms with Crippen molar-refractivity contribution in [3.05, 3.63) is 0 Å². The first-order valence-electron chi connectivity index (χ1n) is 6.20. The van der Waals surface area contributed by atoms with Crippen LogP contribution in [0, 0.1) is 17.3 Å². The lowest BCUT2D eigenvalue weighted by atomic mass is 9.55. The van der Waals surface area contributed by atoms with E-state index in [2.05, 4.69) is 18.7 Å². The summed E-state index contributed by atoms with van der Waals surface area (Å²) in [7, 11) is -2.79. The van der Waals surface area contributed by atoms with E-state index in [1.54, 1.807) is 0 Å². The standard InChI is InChI=1S/C12H23NO2S/c1-10(2)11-6-12(7-11)8-13(9-12)4-5-16(3,14)15/h10-11H,4-9H2,1-3H3. The third-order valence-corrected chi connectivity index (χ3v) is 5.15. The molecule has 1 saturated carbocycles. The number of sulfone groups is 1. The van der Waals surface area contributed by atoms with E-state index in [0.717, 1.165) is 31.5 Å². The molecule has 4 heteroatoms. The van der Waals surface area contributed by atoms with Crippen LogP contribution in [0.25, 0.3) is 0 Å². The molecule has 94 valence electrons. The first-order valence-corrected chi connectivity index (χ1v) is 8.26. The van der Waals surface area contributed by atoms with E-state index in [1.807, 2.05) is 0 Å². The summed E-state index contributed by atoms with van der Waals surface area (Å²) in [6, 6.07) is 0. The van der Waals surface area contributed by atoms with Crippen LogP contribution in [0.15, 0.2) is 0 Å². The summed E-state index contributed by atoms with van der Waals surface area (Å²) >= 11 is 0. The quantitative estimate of drug-likeness (QED) is 0.751. The van der Waals surface area contributed by atoms with Crippen LogP contribution in [0.5, 0.6) is 0 Å².